The number of hydrogen-bond donors (Lipinski definition) is 0. The zero-order valence-corrected chi connectivity index (χ0v) is 15.2. The van der Waals surface area contributed by atoms with Crippen molar-refractivity contribution in [2.45, 2.75) is 38.7 Å². The van der Waals surface area contributed by atoms with Gasteiger partial charge >= 0.3 is 5.97 Å². The monoisotopic (exact) mass is 357 g/mol. The summed E-state index contributed by atoms with van der Waals surface area (Å²) in [6, 6.07) is 15.5. The van der Waals surface area contributed by atoms with Gasteiger partial charge in [-0.05, 0) is 32.4 Å². The van der Waals surface area contributed by atoms with Crippen molar-refractivity contribution >= 4 is 11.7 Å². The zero-order valence-electron chi connectivity index (χ0n) is 15.2. The van der Waals surface area contributed by atoms with E-state index < -0.39 is 10.5 Å². The molecule has 0 spiro atoms. The summed E-state index contributed by atoms with van der Waals surface area (Å²) in [5.41, 5.74) is 0.355. The molecule has 0 aliphatic carbocycles. The Hall–Kier alpha value is -2.89. The fraction of sp³-hybridized carbons (Fsp3) is 0.350. The van der Waals surface area contributed by atoms with Gasteiger partial charge in [0.2, 0.25) is 0 Å². The minimum atomic E-state index is -0.556. The maximum absolute atomic E-state index is 12.2. The van der Waals surface area contributed by atoms with E-state index in [4.69, 9.17) is 9.47 Å². The average Bonchev–Trinajstić information content (AvgIpc) is 2.58. The maximum Gasteiger partial charge on any atom is 0.307 e. The standard InChI is InChI=1S/C20H23NO5/c1-20(2,3)26-19(22)12-16(15-8-5-4-6-9-15)14-25-18-11-7-10-17(13-18)21(23)24/h4-11,13,16H,12,14H2,1-3H3. The fourth-order valence-electron chi connectivity index (χ4n) is 2.47. The lowest BCUT2D eigenvalue weighted by Crippen LogP contribution is -2.26. The lowest BCUT2D eigenvalue weighted by Gasteiger charge is -2.22. The van der Waals surface area contributed by atoms with Crippen LogP contribution in [0.2, 0.25) is 0 Å². The van der Waals surface area contributed by atoms with Gasteiger partial charge in [-0.2, -0.15) is 0 Å². The van der Waals surface area contributed by atoms with Crippen molar-refractivity contribution in [1.82, 2.24) is 0 Å². The third kappa shape index (κ3) is 6.20. The molecular weight excluding hydrogens is 334 g/mol. The number of ether oxygens (including phenoxy) is 2. The van der Waals surface area contributed by atoms with Gasteiger partial charge in [0.05, 0.1) is 24.0 Å². The van der Waals surface area contributed by atoms with E-state index in [1.165, 1.54) is 12.1 Å². The van der Waals surface area contributed by atoms with E-state index in [1.54, 1.807) is 12.1 Å². The van der Waals surface area contributed by atoms with Crippen LogP contribution in [-0.4, -0.2) is 23.1 Å². The Morgan fingerprint density at radius 3 is 2.42 bits per heavy atom. The van der Waals surface area contributed by atoms with Crippen LogP contribution in [0.3, 0.4) is 0 Å². The van der Waals surface area contributed by atoms with Gasteiger partial charge < -0.3 is 9.47 Å². The first-order valence-electron chi connectivity index (χ1n) is 8.38. The number of nitrogens with zero attached hydrogens (tertiary/aromatic N) is 1. The molecule has 0 aromatic heterocycles. The molecule has 0 saturated heterocycles. The highest BCUT2D eigenvalue weighted by molar-refractivity contribution is 5.71. The summed E-state index contributed by atoms with van der Waals surface area (Å²) in [6.07, 6.45) is 0.163. The predicted octanol–water partition coefficient (Wildman–Crippen LogP) is 4.49. The van der Waals surface area contributed by atoms with Crippen LogP contribution in [0.4, 0.5) is 5.69 Å². The molecule has 0 bridgehead atoms. The second-order valence-corrected chi connectivity index (χ2v) is 6.96. The Balaban J connectivity index is 2.11. The highest BCUT2D eigenvalue weighted by Crippen LogP contribution is 2.25. The van der Waals surface area contributed by atoms with Crippen molar-refractivity contribution in [2.75, 3.05) is 6.61 Å². The third-order valence-corrected chi connectivity index (χ3v) is 3.58. The van der Waals surface area contributed by atoms with Crippen molar-refractivity contribution in [3.8, 4) is 5.75 Å². The van der Waals surface area contributed by atoms with Crippen LogP contribution in [0, 0.1) is 10.1 Å². The molecule has 0 N–H and O–H groups in total. The van der Waals surface area contributed by atoms with Gasteiger partial charge in [0, 0.05) is 12.0 Å². The van der Waals surface area contributed by atoms with Crippen molar-refractivity contribution in [1.29, 1.82) is 0 Å². The number of rotatable bonds is 7. The molecule has 0 aliphatic heterocycles. The minimum absolute atomic E-state index is 0.0362. The molecule has 2 aromatic carbocycles. The summed E-state index contributed by atoms with van der Waals surface area (Å²) >= 11 is 0. The first kappa shape index (κ1) is 19.4. The van der Waals surface area contributed by atoms with Crippen LogP contribution in [0.1, 0.15) is 38.7 Å². The van der Waals surface area contributed by atoms with Gasteiger partial charge in [-0.1, -0.05) is 36.4 Å². The first-order valence-corrected chi connectivity index (χ1v) is 8.38. The molecule has 6 heteroatoms. The van der Waals surface area contributed by atoms with Crippen LogP contribution >= 0.6 is 0 Å². The van der Waals surface area contributed by atoms with Gasteiger partial charge in [-0.25, -0.2) is 0 Å². The Labute approximate surface area is 152 Å². The van der Waals surface area contributed by atoms with E-state index in [2.05, 4.69) is 0 Å². The molecule has 0 aliphatic rings. The summed E-state index contributed by atoms with van der Waals surface area (Å²) in [5, 5.41) is 10.9. The van der Waals surface area contributed by atoms with E-state index >= 15 is 0 Å². The molecule has 1 unspecified atom stereocenters. The molecule has 0 radical (unpaired) electrons. The first-order chi connectivity index (χ1) is 12.2. The van der Waals surface area contributed by atoms with Crippen LogP contribution in [0.25, 0.3) is 0 Å². The number of hydrogen-bond acceptors (Lipinski definition) is 5. The van der Waals surface area contributed by atoms with Crippen LogP contribution in [-0.2, 0) is 9.53 Å². The largest absolute Gasteiger partial charge is 0.493 e. The van der Waals surface area contributed by atoms with E-state index in [0.717, 1.165) is 5.56 Å². The molecule has 2 aromatic rings. The molecule has 26 heavy (non-hydrogen) atoms. The third-order valence-electron chi connectivity index (χ3n) is 3.58. The SMILES string of the molecule is CC(C)(C)OC(=O)CC(COc1cccc([N+](=O)[O-])c1)c1ccccc1. The number of non-ortho nitro benzene ring substituents is 1. The normalized spacial score (nSPS) is 12.3. The molecule has 0 fully saturated rings. The second kappa shape index (κ2) is 8.47. The van der Waals surface area contributed by atoms with E-state index in [1.807, 2.05) is 51.1 Å². The van der Waals surface area contributed by atoms with Crippen molar-refractivity contribution in [3.05, 3.63) is 70.3 Å². The summed E-state index contributed by atoms with van der Waals surface area (Å²) in [5.74, 6) is -0.136. The van der Waals surface area contributed by atoms with Crippen LogP contribution < -0.4 is 4.74 Å². The number of nitro benzene ring substituents is 1. The molecule has 138 valence electrons. The number of carbonyl (C=O) groups excluding carboxylic acids is 1. The average molecular weight is 357 g/mol. The van der Waals surface area contributed by atoms with Gasteiger partial charge in [0.1, 0.15) is 11.4 Å². The molecule has 0 heterocycles. The summed E-state index contributed by atoms with van der Waals surface area (Å²) in [6.45, 7) is 5.68. The smallest absolute Gasteiger partial charge is 0.307 e. The van der Waals surface area contributed by atoms with Crippen LogP contribution in [0.15, 0.2) is 54.6 Å². The van der Waals surface area contributed by atoms with Gasteiger partial charge in [0.25, 0.3) is 5.69 Å². The van der Waals surface area contributed by atoms with Gasteiger partial charge in [0.15, 0.2) is 0 Å². The minimum Gasteiger partial charge on any atom is -0.493 e. The molecule has 2 rings (SSSR count). The second-order valence-electron chi connectivity index (χ2n) is 6.96. The molecule has 0 amide bonds. The Kier molecular flexibility index (Phi) is 6.33. The zero-order chi connectivity index (χ0) is 19.2. The molecular formula is C20H23NO5. The lowest BCUT2D eigenvalue weighted by molar-refractivity contribution is -0.384. The number of nitro groups is 1. The summed E-state index contributed by atoms with van der Waals surface area (Å²) < 4.78 is 11.1. The van der Waals surface area contributed by atoms with Crippen molar-refractivity contribution < 1.29 is 19.2 Å². The number of benzene rings is 2. The van der Waals surface area contributed by atoms with E-state index in [-0.39, 0.29) is 30.6 Å². The van der Waals surface area contributed by atoms with Gasteiger partial charge in [-0.3, -0.25) is 14.9 Å². The molecule has 0 saturated carbocycles. The lowest BCUT2D eigenvalue weighted by atomic mass is 9.96. The number of carbonyl (C=O) groups is 1. The van der Waals surface area contributed by atoms with E-state index in [0.29, 0.717) is 5.75 Å². The Morgan fingerprint density at radius 2 is 1.81 bits per heavy atom. The topological polar surface area (TPSA) is 78.7 Å². The summed E-state index contributed by atoms with van der Waals surface area (Å²) in [4.78, 5) is 22.6. The van der Waals surface area contributed by atoms with Gasteiger partial charge in [-0.15, -0.1) is 0 Å². The van der Waals surface area contributed by atoms with E-state index in [9.17, 15) is 14.9 Å². The van der Waals surface area contributed by atoms with Crippen molar-refractivity contribution in [3.63, 3.8) is 0 Å². The van der Waals surface area contributed by atoms with Crippen LogP contribution in [0.5, 0.6) is 5.75 Å². The van der Waals surface area contributed by atoms with Crippen molar-refractivity contribution in [2.24, 2.45) is 0 Å². The highest BCUT2D eigenvalue weighted by atomic mass is 16.6. The highest BCUT2D eigenvalue weighted by Gasteiger charge is 2.22. The number of esters is 1. The predicted molar refractivity (Wildman–Crippen MR) is 98.2 cm³/mol. The Bertz CT molecular complexity index is 752. The molecule has 6 nitrogen and oxygen atoms in total. The molecule has 1 atom stereocenters. The Morgan fingerprint density at radius 1 is 1.12 bits per heavy atom. The quantitative estimate of drug-likeness (QED) is 0.414. The maximum atomic E-state index is 12.2. The summed E-state index contributed by atoms with van der Waals surface area (Å²) in [7, 11) is 0. The fourth-order valence-corrected chi connectivity index (χ4v) is 2.47.